The topological polar surface area (TPSA) is 50.8 Å². The Kier molecular flexibility index (Phi) is 5.52. The van der Waals surface area contributed by atoms with Gasteiger partial charge in [0.15, 0.2) is 11.5 Å². The van der Waals surface area contributed by atoms with Crippen LogP contribution in [0.25, 0.3) is 0 Å². The average molecular weight is 320 g/mol. The van der Waals surface area contributed by atoms with E-state index < -0.39 is 0 Å². The lowest BCUT2D eigenvalue weighted by Gasteiger charge is -2.30. The molecule has 1 aromatic carbocycles. The number of carbonyl (C=O) groups is 1. The summed E-state index contributed by atoms with van der Waals surface area (Å²) in [4.78, 5) is 14.3. The number of ether oxygens (including phenoxy) is 2. The van der Waals surface area contributed by atoms with Crippen LogP contribution in [0.2, 0.25) is 0 Å². The van der Waals surface area contributed by atoms with Gasteiger partial charge < -0.3 is 19.7 Å². The molecule has 0 radical (unpaired) electrons. The van der Waals surface area contributed by atoms with E-state index in [1.807, 2.05) is 17.0 Å². The van der Waals surface area contributed by atoms with Crippen LogP contribution in [0.1, 0.15) is 38.3 Å². The van der Waals surface area contributed by atoms with Crippen LogP contribution in [-0.4, -0.2) is 43.7 Å². The number of rotatable bonds is 5. The maximum Gasteiger partial charge on any atom is 0.224 e. The second-order valence-electron chi connectivity index (χ2n) is 6.97. The molecule has 0 saturated carbocycles. The molecule has 1 heterocycles. The number of fused-ring (bicyclic) bond motifs is 1. The number of hydrogen-bond acceptors (Lipinski definition) is 4. The van der Waals surface area contributed by atoms with Gasteiger partial charge in [0.05, 0.1) is 14.2 Å². The summed E-state index contributed by atoms with van der Waals surface area (Å²) in [5.74, 6) is 1.66. The highest BCUT2D eigenvalue weighted by Gasteiger charge is 2.22. The van der Waals surface area contributed by atoms with Gasteiger partial charge in [-0.2, -0.15) is 0 Å². The number of hydrogen-bond donors (Lipinski definition) is 1. The van der Waals surface area contributed by atoms with E-state index in [4.69, 9.17) is 9.47 Å². The molecule has 128 valence electrons. The van der Waals surface area contributed by atoms with Gasteiger partial charge in [-0.3, -0.25) is 4.79 Å². The van der Waals surface area contributed by atoms with Gasteiger partial charge in [-0.15, -0.1) is 0 Å². The first-order valence-corrected chi connectivity index (χ1v) is 8.10. The minimum absolute atomic E-state index is 0.0404. The van der Waals surface area contributed by atoms with Gasteiger partial charge in [0, 0.05) is 31.6 Å². The molecule has 1 N–H and O–H groups in total. The molecule has 0 spiro atoms. The molecular formula is C18H28N2O3. The van der Waals surface area contributed by atoms with E-state index in [9.17, 15) is 4.79 Å². The smallest absolute Gasteiger partial charge is 0.224 e. The Bertz CT molecular complexity index is 564. The van der Waals surface area contributed by atoms with Crippen LogP contribution in [0, 0.1) is 0 Å². The first-order valence-electron chi connectivity index (χ1n) is 8.10. The molecule has 0 bridgehead atoms. The van der Waals surface area contributed by atoms with Gasteiger partial charge in [0.1, 0.15) is 0 Å². The molecule has 0 saturated heterocycles. The van der Waals surface area contributed by atoms with Crippen molar-refractivity contribution in [2.45, 2.75) is 45.7 Å². The van der Waals surface area contributed by atoms with Crippen molar-refractivity contribution in [2.75, 3.05) is 27.3 Å². The first kappa shape index (κ1) is 17.6. The molecule has 0 unspecified atom stereocenters. The van der Waals surface area contributed by atoms with Crippen molar-refractivity contribution in [2.24, 2.45) is 0 Å². The van der Waals surface area contributed by atoms with Crippen LogP contribution in [0.4, 0.5) is 0 Å². The van der Waals surface area contributed by atoms with Gasteiger partial charge >= 0.3 is 0 Å². The van der Waals surface area contributed by atoms with Crippen molar-refractivity contribution in [3.63, 3.8) is 0 Å². The SMILES string of the molecule is COc1cc2c(cc1OC)CN(C(=O)CCNC(C)(C)C)CC2. The van der Waals surface area contributed by atoms with E-state index in [0.29, 0.717) is 19.5 Å². The molecule has 0 atom stereocenters. The van der Waals surface area contributed by atoms with Crippen molar-refractivity contribution in [3.05, 3.63) is 23.3 Å². The normalized spacial score (nSPS) is 14.4. The molecule has 0 fully saturated rings. The summed E-state index contributed by atoms with van der Waals surface area (Å²) in [6.07, 6.45) is 1.38. The van der Waals surface area contributed by atoms with Crippen molar-refractivity contribution < 1.29 is 14.3 Å². The molecule has 0 aliphatic carbocycles. The summed E-state index contributed by atoms with van der Waals surface area (Å²) in [6, 6.07) is 4.01. The van der Waals surface area contributed by atoms with Crippen molar-refractivity contribution >= 4 is 5.91 Å². The van der Waals surface area contributed by atoms with Crippen LogP contribution in [0.3, 0.4) is 0 Å². The largest absolute Gasteiger partial charge is 0.493 e. The Labute approximate surface area is 139 Å². The maximum absolute atomic E-state index is 12.4. The quantitative estimate of drug-likeness (QED) is 0.905. The summed E-state index contributed by atoms with van der Waals surface area (Å²) in [5.41, 5.74) is 2.42. The zero-order valence-corrected chi connectivity index (χ0v) is 14.9. The zero-order chi connectivity index (χ0) is 17.0. The zero-order valence-electron chi connectivity index (χ0n) is 14.9. The molecule has 2 rings (SSSR count). The van der Waals surface area contributed by atoms with Crippen molar-refractivity contribution in [1.82, 2.24) is 10.2 Å². The summed E-state index contributed by atoms with van der Waals surface area (Å²) in [7, 11) is 3.28. The fraction of sp³-hybridized carbons (Fsp3) is 0.611. The monoisotopic (exact) mass is 320 g/mol. The van der Waals surface area contributed by atoms with Crippen molar-refractivity contribution in [3.8, 4) is 11.5 Å². The number of amides is 1. The van der Waals surface area contributed by atoms with Crippen LogP contribution in [0.15, 0.2) is 12.1 Å². The molecular weight excluding hydrogens is 292 g/mol. The lowest BCUT2D eigenvalue weighted by atomic mass is 9.98. The number of benzene rings is 1. The van der Waals surface area contributed by atoms with Crippen molar-refractivity contribution in [1.29, 1.82) is 0 Å². The molecule has 23 heavy (non-hydrogen) atoms. The number of carbonyl (C=O) groups excluding carboxylic acids is 1. The van der Waals surface area contributed by atoms with Gasteiger partial charge in [-0.25, -0.2) is 0 Å². The van der Waals surface area contributed by atoms with E-state index >= 15 is 0 Å². The van der Waals surface area contributed by atoms with Gasteiger partial charge in [-0.1, -0.05) is 0 Å². The Morgan fingerprint density at radius 1 is 1.17 bits per heavy atom. The standard InChI is InChI=1S/C18H28N2O3/c1-18(2,3)19-8-6-17(21)20-9-7-13-10-15(22-4)16(23-5)11-14(13)12-20/h10-11,19H,6-9,12H2,1-5H3. The molecule has 5 nitrogen and oxygen atoms in total. The molecule has 0 aromatic heterocycles. The lowest BCUT2D eigenvalue weighted by molar-refractivity contribution is -0.132. The summed E-state index contributed by atoms with van der Waals surface area (Å²) < 4.78 is 10.7. The van der Waals surface area contributed by atoms with E-state index in [1.54, 1.807) is 14.2 Å². The predicted molar refractivity (Wildman–Crippen MR) is 91.0 cm³/mol. The Balaban J connectivity index is 2.00. The second kappa shape index (κ2) is 7.21. The van der Waals surface area contributed by atoms with Gasteiger partial charge in [0.2, 0.25) is 5.91 Å². The highest BCUT2D eigenvalue weighted by molar-refractivity contribution is 5.76. The van der Waals surface area contributed by atoms with Crippen LogP contribution >= 0.6 is 0 Å². The predicted octanol–water partition coefficient (Wildman–Crippen LogP) is 2.37. The Hall–Kier alpha value is -1.75. The van der Waals surface area contributed by atoms with Crippen LogP contribution < -0.4 is 14.8 Å². The minimum atomic E-state index is 0.0404. The van der Waals surface area contributed by atoms with Gasteiger partial charge in [0.25, 0.3) is 0 Å². The summed E-state index contributed by atoms with van der Waals surface area (Å²) in [5, 5.41) is 3.36. The molecule has 1 amide bonds. The third-order valence-corrected chi connectivity index (χ3v) is 4.06. The Morgan fingerprint density at radius 2 is 1.78 bits per heavy atom. The fourth-order valence-corrected chi connectivity index (χ4v) is 2.80. The molecule has 1 aromatic rings. The van der Waals surface area contributed by atoms with E-state index in [0.717, 1.165) is 30.0 Å². The van der Waals surface area contributed by atoms with Crippen LogP contribution in [0.5, 0.6) is 11.5 Å². The summed E-state index contributed by atoms with van der Waals surface area (Å²) in [6.45, 7) is 8.43. The van der Waals surface area contributed by atoms with E-state index in [2.05, 4.69) is 26.1 Å². The highest BCUT2D eigenvalue weighted by atomic mass is 16.5. The first-order chi connectivity index (χ1) is 10.8. The minimum Gasteiger partial charge on any atom is -0.493 e. The molecule has 5 heteroatoms. The third-order valence-electron chi connectivity index (χ3n) is 4.06. The van der Waals surface area contributed by atoms with Gasteiger partial charge in [-0.05, 0) is 50.5 Å². The van der Waals surface area contributed by atoms with Crippen LogP contribution in [-0.2, 0) is 17.8 Å². The number of methoxy groups -OCH3 is 2. The fourth-order valence-electron chi connectivity index (χ4n) is 2.80. The Morgan fingerprint density at radius 3 is 2.35 bits per heavy atom. The second-order valence-corrected chi connectivity index (χ2v) is 6.97. The third kappa shape index (κ3) is 4.61. The van der Waals surface area contributed by atoms with E-state index in [1.165, 1.54) is 5.56 Å². The number of nitrogens with zero attached hydrogens (tertiary/aromatic N) is 1. The maximum atomic E-state index is 12.4. The molecule has 1 aliphatic rings. The van der Waals surface area contributed by atoms with E-state index in [-0.39, 0.29) is 11.4 Å². The highest BCUT2D eigenvalue weighted by Crippen LogP contribution is 2.33. The summed E-state index contributed by atoms with van der Waals surface area (Å²) >= 11 is 0. The number of nitrogens with one attached hydrogen (secondary N) is 1. The molecule has 1 aliphatic heterocycles. The lowest BCUT2D eigenvalue weighted by Crippen LogP contribution is -2.41. The average Bonchev–Trinajstić information content (AvgIpc) is 2.51.